The lowest BCUT2D eigenvalue weighted by Crippen LogP contribution is -1.97. The predicted octanol–water partition coefficient (Wildman–Crippen LogP) is 8.23. The van der Waals surface area contributed by atoms with Crippen LogP contribution in [0.4, 0.5) is 0 Å². The zero-order valence-electron chi connectivity index (χ0n) is 18.6. The van der Waals surface area contributed by atoms with E-state index in [1.54, 1.807) is 0 Å². The highest BCUT2D eigenvalue weighted by atomic mass is 15.0. The van der Waals surface area contributed by atoms with Gasteiger partial charge in [0.05, 0.1) is 17.4 Å². The first-order valence-electron chi connectivity index (χ1n) is 11.4. The summed E-state index contributed by atoms with van der Waals surface area (Å²) in [5, 5.41) is 8.77. The van der Waals surface area contributed by atoms with Crippen molar-refractivity contribution in [1.82, 2.24) is 9.38 Å². The van der Waals surface area contributed by atoms with Gasteiger partial charge in [-0.25, -0.2) is 4.98 Å². The van der Waals surface area contributed by atoms with E-state index >= 15 is 0 Å². The molecule has 0 radical (unpaired) electrons. The van der Waals surface area contributed by atoms with Gasteiger partial charge >= 0.3 is 0 Å². The number of pyridine rings is 1. The van der Waals surface area contributed by atoms with Gasteiger partial charge in [-0.05, 0) is 64.0 Å². The van der Waals surface area contributed by atoms with Gasteiger partial charge in [0.1, 0.15) is 5.65 Å². The lowest BCUT2D eigenvalue weighted by atomic mass is 9.97. The normalized spacial score (nSPS) is 11.9. The van der Waals surface area contributed by atoms with Crippen LogP contribution in [0.15, 0.2) is 97.2 Å². The maximum absolute atomic E-state index is 4.96. The second-order valence-electron chi connectivity index (χ2n) is 8.99. The summed E-state index contributed by atoms with van der Waals surface area (Å²) in [6.07, 6.45) is 2.05. The molecule has 0 fully saturated rings. The van der Waals surface area contributed by atoms with Gasteiger partial charge in [-0.15, -0.1) is 0 Å². The Morgan fingerprint density at radius 2 is 1.27 bits per heavy atom. The molecule has 2 heteroatoms. The highest BCUT2D eigenvalue weighted by Crippen LogP contribution is 2.38. The quantitative estimate of drug-likeness (QED) is 0.192. The van der Waals surface area contributed by atoms with Crippen LogP contribution >= 0.6 is 0 Å². The van der Waals surface area contributed by atoms with E-state index in [1.165, 1.54) is 59.9 Å². The zero-order valence-corrected chi connectivity index (χ0v) is 18.6. The van der Waals surface area contributed by atoms with Gasteiger partial charge in [0.15, 0.2) is 0 Å². The molecular weight excluding hydrogens is 400 g/mol. The molecule has 156 valence electrons. The Kier molecular flexibility index (Phi) is 3.72. The Labute approximate surface area is 191 Å². The predicted molar refractivity (Wildman–Crippen MR) is 140 cm³/mol. The van der Waals surface area contributed by atoms with Gasteiger partial charge in [-0.2, -0.15) is 0 Å². The molecule has 0 saturated carbocycles. The lowest BCUT2D eigenvalue weighted by Gasteiger charge is -2.15. The fraction of sp³-hybridized carbons (Fsp3) is 0.0645. The van der Waals surface area contributed by atoms with Crippen LogP contribution in [-0.2, 0) is 0 Å². The van der Waals surface area contributed by atoms with E-state index in [9.17, 15) is 0 Å². The van der Waals surface area contributed by atoms with Crippen molar-refractivity contribution >= 4 is 48.9 Å². The van der Waals surface area contributed by atoms with Crippen molar-refractivity contribution in [3.8, 4) is 11.3 Å². The molecule has 0 aliphatic rings. The van der Waals surface area contributed by atoms with Crippen LogP contribution in [0, 0.1) is 13.8 Å². The average Bonchev–Trinajstić information content (AvgIpc) is 3.28. The van der Waals surface area contributed by atoms with Gasteiger partial charge in [0, 0.05) is 16.3 Å². The number of rotatable bonds is 1. The molecule has 0 bridgehead atoms. The third-order valence-electron chi connectivity index (χ3n) is 7.06. The van der Waals surface area contributed by atoms with Crippen molar-refractivity contribution in [3.05, 3.63) is 108 Å². The molecule has 0 aliphatic carbocycles. The van der Waals surface area contributed by atoms with E-state index in [1.807, 2.05) is 6.20 Å². The first-order valence-corrected chi connectivity index (χ1v) is 11.4. The third-order valence-corrected chi connectivity index (χ3v) is 7.06. The lowest BCUT2D eigenvalue weighted by molar-refractivity contribution is 1.25. The summed E-state index contributed by atoms with van der Waals surface area (Å²) < 4.78 is 2.37. The van der Waals surface area contributed by atoms with Gasteiger partial charge in [-0.1, -0.05) is 78.9 Å². The molecule has 0 spiro atoms. The van der Waals surface area contributed by atoms with E-state index in [-0.39, 0.29) is 0 Å². The van der Waals surface area contributed by atoms with E-state index in [0.717, 1.165) is 11.3 Å². The number of imidazole rings is 1. The fourth-order valence-electron chi connectivity index (χ4n) is 5.54. The van der Waals surface area contributed by atoms with Crippen LogP contribution in [0.2, 0.25) is 0 Å². The van der Waals surface area contributed by atoms with Gasteiger partial charge in [0.2, 0.25) is 0 Å². The molecule has 0 unspecified atom stereocenters. The number of aryl methyl sites for hydroxylation is 2. The molecule has 0 amide bonds. The highest BCUT2D eigenvalue weighted by molar-refractivity contribution is 6.19. The minimum Gasteiger partial charge on any atom is -0.292 e. The van der Waals surface area contributed by atoms with E-state index < -0.39 is 0 Å². The van der Waals surface area contributed by atoms with Crippen molar-refractivity contribution in [1.29, 1.82) is 0 Å². The second kappa shape index (κ2) is 6.66. The molecule has 2 heterocycles. The summed E-state index contributed by atoms with van der Waals surface area (Å²) in [4.78, 5) is 4.96. The number of fused-ring (bicyclic) bond motifs is 9. The number of nitrogens with zero attached hydrogens (tertiary/aromatic N) is 2. The van der Waals surface area contributed by atoms with Gasteiger partial charge in [-0.3, -0.25) is 4.40 Å². The number of benzene rings is 5. The Balaban J connectivity index is 1.76. The molecule has 7 aromatic rings. The summed E-state index contributed by atoms with van der Waals surface area (Å²) in [6, 6.07) is 33.0. The molecule has 0 atom stereocenters. The Hall–Kier alpha value is -4.17. The summed E-state index contributed by atoms with van der Waals surface area (Å²) >= 11 is 0. The Bertz CT molecular complexity index is 1870. The molecular formula is C31H22N2. The van der Waals surface area contributed by atoms with E-state index in [2.05, 4.69) is 109 Å². The van der Waals surface area contributed by atoms with Crippen LogP contribution in [0.1, 0.15) is 11.1 Å². The van der Waals surface area contributed by atoms with Crippen LogP contribution in [0.3, 0.4) is 0 Å². The van der Waals surface area contributed by atoms with Crippen molar-refractivity contribution < 1.29 is 0 Å². The molecule has 2 aromatic heterocycles. The third kappa shape index (κ3) is 2.52. The van der Waals surface area contributed by atoms with Crippen LogP contribution < -0.4 is 0 Å². The Morgan fingerprint density at radius 1 is 0.576 bits per heavy atom. The molecule has 5 aromatic carbocycles. The first kappa shape index (κ1) is 18.4. The van der Waals surface area contributed by atoms with Gasteiger partial charge < -0.3 is 0 Å². The SMILES string of the molecule is Cc1cccc(C)c1-c1cnc2c3ccccc3c3cc4ccc5ccccc5c4cc3n12. The number of hydrogen-bond acceptors (Lipinski definition) is 1. The molecule has 0 aliphatic heterocycles. The summed E-state index contributed by atoms with van der Waals surface area (Å²) in [5.41, 5.74) is 7.15. The largest absolute Gasteiger partial charge is 0.292 e. The maximum Gasteiger partial charge on any atom is 0.145 e. The first-order chi connectivity index (χ1) is 16.2. The van der Waals surface area contributed by atoms with Crippen molar-refractivity contribution in [2.24, 2.45) is 0 Å². The molecule has 33 heavy (non-hydrogen) atoms. The van der Waals surface area contributed by atoms with Crippen molar-refractivity contribution in [3.63, 3.8) is 0 Å². The zero-order chi connectivity index (χ0) is 22.1. The molecule has 0 N–H and O–H groups in total. The topological polar surface area (TPSA) is 17.3 Å². The standard InChI is InChI=1S/C31H22N2/c1-19-8-7-9-20(2)30(19)29-18-32-31-25-13-6-5-12-24(25)27-16-22-15-14-21-10-3-4-11-23(21)26(22)17-28(27)33(29)31/h3-18H,1-2H3. The average molecular weight is 423 g/mol. The van der Waals surface area contributed by atoms with Crippen LogP contribution in [0.25, 0.3) is 60.1 Å². The highest BCUT2D eigenvalue weighted by Gasteiger charge is 2.17. The Morgan fingerprint density at radius 3 is 2.09 bits per heavy atom. The molecule has 0 saturated heterocycles. The summed E-state index contributed by atoms with van der Waals surface area (Å²) in [7, 11) is 0. The van der Waals surface area contributed by atoms with E-state index in [0.29, 0.717) is 0 Å². The molecule has 2 nitrogen and oxygen atoms in total. The van der Waals surface area contributed by atoms with Crippen LogP contribution in [0.5, 0.6) is 0 Å². The minimum absolute atomic E-state index is 1.01. The van der Waals surface area contributed by atoms with Gasteiger partial charge in [0.25, 0.3) is 0 Å². The van der Waals surface area contributed by atoms with Crippen molar-refractivity contribution in [2.75, 3.05) is 0 Å². The van der Waals surface area contributed by atoms with Crippen LogP contribution in [-0.4, -0.2) is 9.38 Å². The minimum atomic E-state index is 1.01. The van der Waals surface area contributed by atoms with E-state index in [4.69, 9.17) is 4.98 Å². The summed E-state index contributed by atoms with van der Waals surface area (Å²) in [5.74, 6) is 0. The number of aromatic nitrogens is 2. The summed E-state index contributed by atoms with van der Waals surface area (Å²) in [6.45, 7) is 4.38. The molecule has 7 rings (SSSR count). The monoisotopic (exact) mass is 422 g/mol. The smallest absolute Gasteiger partial charge is 0.145 e. The maximum atomic E-state index is 4.96. The number of hydrogen-bond donors (Lipinski definition) is 0. The van der Waals surface area contributed by atoms with Crippen molar-refractivity contribution in [2.45, 2.75) is 13.8 Å². The fourth-order valence-corrected chi connectivity index (χ4v) is 5.54. The second-order valence-corrected chi connectivity index (χ2v) is 8.99.